The van der Waals surface area contributed by atoms with E-state index in [2.05, 4.69) is 134 Å². The SMILES string of the molecule is CC1(C)COC(c2ccc(-n3c4ccccc4c4cc(-c5ccc6c(c5)c5ccccc5n6-c5ccc(C6=NC(C)(C)CO6)cn5)ccc43)nc2)=N1. The number of aromatic nitrogens is 4. The Hall–Kier alpha value is -6.28. The Kier molecular flexibility index (Phi) is 6.52. The van der Waals surface area contributed by atoms with Gasteiger partial charge in [0.25, 0.3) is 0 Å². The fraction of sp³-hybridized carbons (Fsp3) is 0.182. The van der Waals surface area contributed by atoms with Gasteiger partial charge in [0.1, 0.15) is 24.8 Å². The minimum Gasteiger partial charge on any atom is -0.475 e. The standard InChI is InChI=1S/C44H36N6O2/c1-43(2)25-51-41(47-43)29-15-19-39(45-23-29)49-35-11-7-5-9-31(35)33-21-27(13-17-37(33)49)28-14-18-38-34(22-28)32-10-6-8-12-36(32)50(38)40-20-16-30(24-46-40)42-48-44(3,4)26-52-42/h5-24H,25-26H2,1-4H3. The van der Waals surface area contributed by atoms with E-state index < -0.39 is 0 Å². The Morgan fingerprint density at radius 2 is 0.865 bits per heavy atom. The summed E-state index contributed by atoms with van der Waals surface area (Å²) in [7, 11) is 0. The number of ether oxygens (including phenoxy) is 2. The minimum atomic E-state index is -0.220. The van der Waals surface area contributed by atoms with Crippen molar-refractivity contribution >= 4 is 55.4 Å². The molecule has 0 radical (unpaired) electrons. The van der Waals surface area contributed by atoms with Gasteiger partial charge in [-0.3, -0.25) is 9.13 Å². The summed E-state index contributed by atoms with van der Waals surface area (Å²) in [5.41, 5.74) is 8.06. The molecule has 8 aromatic rings. The summed E-state index contributed by atoms with van der Waals surface area (Å²) < 4.78 is 16.2. The van der Waals surface area contributed by atoms with Crippen molar-refractivity contribution in [1.82, 2.24) is 19.1 Å². The predicted molar refractivity (Wildman–Crippen MR) is 209 cm³/mol. The fourth-order valence-electron chi connectivity index (χ4n) is 7.55. The van der Waals surface area contributed by atoms with Gasteiger partial charge in [-0.1, -0.05) is 48.5 Å². The van der Waals surface area contributed by atoms with Gasteiger partial charge in [0.05, 0.1) is 44.3 Å². The Labute approximate surface area is 300 Å². The van der Waals surface area contributed by atoms with Crippen LogP contribution in [-0.2, 0) is 9.47 Å². The average molecular weight is 681 g/mol. The van der Waals surface area contributed by atoms with E-state index in [0.29, 0.717) is 25.0 Å². The molecule has 0 saturated carbocycles. The molecule has 254 valence electrons. The van der Waals surface area contributed by atoms with Crippen molar-refractivity contribution in [3.63, 3.8) is 0 Å². The van der Waals surface area contributed by atoms with Crippen LogP contribution in [0.15, 0.2) is 132 Å². The third kappa shape index (κ3) is 4.89. The van der Waals surface area contributed by atoms with Gasteiger partial charge in [0.2, 0.25) is 11.8 Å². The van der Waals surface area contributed by atoms with Crippen LogP contribution in [0.5, 0.6) is 0 Å². The lowest BCUT2D eigenvalue weighted by molar-refractivity contribution is 0.279. The average Bonchev–Trinajstić information content (AvgIpc) is 3.91. The smallest absolute Gasteiger partial charge is 0.218 e. The highest BCUT2D eigenvalue weighted by Gasteiger charge is 2.28. The van der Waals surface area contributed by atoms with Gasteiger partial charge in [-0.25, -0.2) is 20.0 Å². The summed E-state index contributed by atoms with van der Waals surface area (Å²) in [5.74, 6) is 3.01. The van der Waals surface area contributed by atoms with Crippen LogP contribution in [0.2, 0.25) is 0 Å². The van der Waals surface area contributed by atoms with Crippen LogP contribution < -0.4 is 0 Å². The summed E-state index contributed by atoms with van der Waals surface area (Å²) >= 11 is 0. The van der Waals surface area contributed by atoms with E-state index in [9.17, 15) is 0 Å². The van der Waals surface area contributed by atoms with E-state index >= 15 is 0 Å². The molecule has 8 nitrogen and oxygen atoms in total. The second kappa shape index (κ2) is 11.1. The first-order chi connectivity index (χ1) is 25.2. The Morgan fingerprint density at radius 1 is 0.462 bits per heavy atom. The van der Waals surface area contributed by atoms with Gasteiger partial charge >= 0.3 is 0 Å². The van der Waals surface area contributed by atoms with Crippen LogP contribution in [0, 0.1) is 0 Å². The Balaban J connectivity index is 1.05. The molecule has 0 N–H and O–H groups in total. The summed E-state index contributed by atoms with van der Waals surface area (Å²) in [6, 6.07) is 38.7. The van der Waals surface area contributed by atoms with E-state index in [1.807, 2.05) is 24.5 Å². The largest absolute Gasteiger partial charge is 0.475 e. The summed E-state index contributed by atoms with van der Waals surface area (Å²) in [6.45, 7) is 9.45. The van der Waals surface area contributed by atoms with E-state index in [1.54, 1.807) is 0 Å². The van der Waals surface area contributed by atoms with Gasteiger partial charge in [0, 0.05) is 33.9 Å². The van der Waals surface area contributed by atoms with Crippen LogP contribution in [0.3, 0.4) is 0 Å². The number of aliphatic imine (C=N–C) groups is 2. The van der Waals surface area contributed by atoms with Crippen LogP contribution in [0.4, 0.5) is 0 Å². The number of rotatable bonds is 5. The topological polar surface area (TPSA) is 78.8 Å². The normalized spacial score (nSPS) is 16.4. The molecular weight excluding hydrogens is 645 g/mol. The highest BCUT2D eigenvalue weighted by molar-refractivity contribution is 6.12. The lowest BCUT2D eigenvalue weighted by Crippen LogP contribution is -2.17. The molecule has 0 aliphatic carbocycles. The maximum Gasteiger partial charge on any atom is 0.218 e. The number of benzene rings is 4. The van der Waals surface area contributed by atoms with Gasteiger partial charge in [-0.05, 0) is 99.5 Å². The predicted octanol–water partition coefficient (Wildman–Crippen LogP) is 9.45. The number of hydrogen-bond acceptors (Lipinski definition) is 6. The first-order valence-electron chi connectivity index (χ1n) is 17.7. The second-order valence-corrected chi connectivity index (χ2v) is 15.0. The molecule has 10 rings (SSSR count). The first kappa shape index (κ1) is 30.5. The van der Waals surface area contributed by atoms with Crippen molar-refractivity contribution in [3.8, 4) is 22.8 Å². The molecule has 0 unspecified atom stereocenters. The number of fused-ring (bicyclic) bond motifs is 6. The minimum absolute atomic E-state index is 0.220. The summed E-state index contributed by atoms with van der Waals surface area (Å²) in [5, 5.41) is 4.71. The highest BCUT2D eigenvalue weighted by Crippen LogP contribution is 2.38. The maximum absolute atomic E-state index is 5.87. The monoisotopic (exact) mass is 680 g/mol. The third-order valence-electron chi connectivity index (χ3n) is 10.1. The van der Waals surface area contributed by atoms with E-state index in [1.165, 1.54) is 21.5 Å². The molecule has 0 amide bonds. The van der Waals surface area contributed by atoms with Crippen LogP contribution in [-0.4, -0.2) is 55.2 Å². The zero-order valence-corrected chi connectivity index (χ0v) is 29.5. The van der Waals surface area contributed by atoms with Crippen molar-refractivity contribution in [2.45, 2.75) is 38.8 Å². The number of hydrogen-bond donors (Lipinski definition) is 0. The summed E-state index contributed by atoms with van der Waals surface area (Å²) in [4.78, 5) is 19.3. The molecule has 2 aliphatic heterocycles. The van der Waals surface area contributed by atoms with Gasteiger partial charge in [-0.2, -0.15) is 0 Å². The van der Waals surface area contributed by atoms with Crippen LogP contribution in [0.1, 0.15) is 38.8 Å². The van der Waals surface area contributed by atoms with Gasteiger partial charge in [0.15, 0.2) is 0 Å². The van der Waals surface area contributed by atoms with Crippen molar-refractivity contribution in [2.75, 3.05) is 13.2 Å². The molecule has 0 atom stereocenters. The Bertz CT molecular complexity index is 2590. The quantitative estimate of drug-likeness (QED) is 0.181. The molecule has 2 aliphatic rings. The highest BCUT2D eigenvalue weighted by atomic mass is 16.5. The van der Waals surface area contributed by atoms with E-state index in [-0.39, 0.29) is 11.1 Å². The maximum atomic E-state index is 5.87. The first-order valence-corrected chi connectivity index (χ1v) is 17.7. The van der Waals surface area contributed by atoms with Gasteiger partial charge in [-0.15, -0.1) is 0 Å². The lowest BCUT2D eigenvalue weighted by atomic mass is 10.0. The van der Waals surface area contributed by atoms with Crippen molar-refractivity contribution in [2.24, 2.45) is 9.98 Å². The molecule has 0 bridgehead atoms. The molecule has 4 aromatic heterocycles. The van der Waals surface area contributed by atoms with E-state index in [4.69, 9.17) is 29.4 Å². The molecule has 52 heavy (non-hydrogen) atoms. The van der Waals surface area contributed by atoms with E-state index in [0.717, 1.165) is 56.0 Å². The van der Waals surface area contributed by atoms with Crippen LogP contribution in [0.25, 0.3) is 66.4 Å². The third-order valence-corrected chi connectivity index (χ3v) is 10.1. The molecule has 0 saturated heterocycles. The van der Waals surface area contributed by atoms with Crippen molar-refractivity contribution in [1.29, 1.82) is 0 Å². The number of pyridine rings is 2. The summed E-state index contributed by atoms with van der Waals surface area (Å²) in [6.07, 6.45) is 3.72. The lowest BCUT2D eigenvalue weighted by Gasteiger charge is -2.09. The van der Waals surface area contributed by atoms with Crippen molar-refractivity contribution in [3.05, 3.63) is 133 Å². The van der Waals surface area contributed by atoms with Gasteiger partial charge < -0.3 is 9.47 Å². The molecule has 6 heterocycles. The number of nitrogens with zero attached hydrogens (tertiary/aromatic N) is 6. The Morgan fingerprint density at radius 3 is 1.25 bits per heavy atom. The molecule has 8 heteroatoms. The fourth-order valence-corrected chi connectivity index (χ4v) is 7.55. The number of para-hydroxylation sites is 2. The zero-order valence-electron chi connectivity index (χ0n) is 29.5. The molecule has 0 fully saturated rings. The molecule has 0 spiro atoms. The van der Waals surface area contributed by atoms with Crippen molar-refractivity contribution < 1.29 is 9.47 Å². The second-order valence-electron chi connectivity index (χ2n) is 15.0. The molecule has 4 aromatic carbocycles. The molecular formula is C44H36N6O2. The van der Waals surface area contributed by atoms with Crippen LogP contribution >= 0.6 is 0 Å². The zero-order chi connectivity index (χ0) is 35.2.